The Balaban J connectivity index is 0.922. The summed E-state index contributed by atoms with van der Waals surface area (Å²) in [5, 5.41) is 9.57. The van der Waals surface area contributed by atoms with Crippen LogP contribution in [0.15, 0.2) is 229 Å². The van der Waals surface area contributed by atoms with Gasteiger partial charge in [-0.2, -0.15) is 0 Å². The number of hydrogen-bond donors (Lipinski definition) is 0. The molecule has 6 aromatic heterocycles. The first kappa shape index (κ1) is 38.3. The normalized spacial score (nSPS) is 12.3. The Morgan fingerprint density at radius 3 is 1.39 bits per heavy atom. The molecule has 8 nitrogen and oxygen atoms in total. The molecule has 0 unspecified atom stereocenters. The van der Waals surface area contributed by atoms with Gasteiger partial charge in [0.05, 0.1) is 61.7 Å². The van der Waals surface area contributed by atoms with E-state index in [1.807, 2.05) is 6.07 Å². The molecule has 16 rings (SSSR count). The zero-order valence-corrected chi connectivity index (χ0v) is 38.1. The third-order valence-electron chi connectivity index (χ3n) is 14.9. The van der Waals surface area contributed by atoms with E-state index in [1.54, 1.807) is 0 Å². The minimum atomic E-state index is 0.605. The molecule has 0 aliphatic carbocycles. The molecule has 0 atom stereocenters. The van der Waals surface area contributed by atoms with E-state index in [-0.39, 0.29) is 0 Å². The van der Waals surface area contributed by atoms with E-state index in [9.17, 15) is 0 Å². The highest BCUT2D eigenvalue weighted by Crippen LogP contribution is 2.43. The Labute approximate surface area is 404 Å². The van der Waals surface area contributed by atoms with Crippen LogP contribution in [0, 0.1) is 0 Å². The number of para-hydroxylation sites is 7. The van der Waals surface area contributed by atoms with Crippen LogP contribution in [0.25, 0.3) is 132 Å². The van der Waals surface area contributed by atoms with Crippen LogP contribution in [0.4, 0.5) is 0 Å². The lowest BCUT2D eigenvalue weighted by atomic mass is 10.1. The molecule has 0 aliphatic heterocycles. The molecule has 332 valence electrons. The van der Waals surface area contributed by atoms with Crippen LogP contribution in [-0.2, 0) is 6.54 Å². The summed E-state index contributed by atoms with van der Waals surface area (Å²) in [6.07, 6.45) is 1.51. The highest BCUT2D eigenvalue weighted by molar-refractivity contribution is 6.20. The minimum Gasteiger partial charge on any atom is -0.443 e. The zero-order chi connectivity index (χ0) is 46.3. The Kier molecular flexibility index (Phi) is 7.79. The molecule has 0 amide bonds. The van der Waals surface area contributed by atoms with E-state index in [4.69, 9.17) is 9.40 Å². The summed E-state index contributed by atoms with van der Waals surface area (Å²) in [5.74, 6) is 0.881. The molecule has 0 radical (unpaired) electrons. The predicted molar refractivity (Wildman–Crippen MR) is 290 cm³/mol. The number of hydrogen-bond acceptors (Lipinski definition) is 3. The van der Waals surface area contributed by atoms with Crippen molar-refractivity contribution in [3.63, 3.8) is 0 Å². The number of nitrogens with zero attached hydrogens (tertiary/aromatic N) is 7. The maximum absolute atomic E-state index is 5.65. The van der Waals surface area contributed by atoms with Crippen LogP contribution in [0.2, 0.25) is 0 Å². The second-order valence-electron chi connectivity index (χ2n) is 18.7. The lowest BCUT2D eigenvalue weighted by molar-refractivity contribution is 0.602. The fraction of sp³-hybridized carbons (Fsp3) is 0.0159. The van der Waals surface area contributed by atoms with Crippen LogP contribution in [-0.4, -0.2) is 32.8 Å². The van der Waals surface area contributed by atoms with Gasteiger partial charge in [-0.25, -0.2) is 9.97 Å². The molecule has 8 heteroatoms. The summed E-state index contributed by atoms with van der Waals surface area (Å²) in [7, 11) is 0. The number of oxazole rings is 1. The van der Waals surface area contributed by atoms with Crippen LogP contribution in [0.3, 0.4) is 0 Å². The maximum Gasteiger partial charge on any atom is 0.216 e. The van der Waals surface area contributed by atoms with E-state index < -0.39 is 0 Å². The molecule has 0 spiro atoms. The molecule has 0 saturated heterocycles. The van der Waals surface area contributed by atoms with Gasteiger partial charge in [0, 0.05) is 60.2 Å². The molecule has 10 aromatic carbocycles. The third-order valence-corrected chi connectivity index (χ3v) is 14.9. The second kappa shape index (κ2) is 14.4. The average molecular weight is 910 g/mol. The van der Waals surface area contributed by atoms with Gasteiger partial charge in [-0.15, -0.1) is 0 Å². The Morgan fingerprint density at radius 1 is 0.324 bits per heavy atom. The summed E-state index contributed by atoms with van der Waals surface area (Å²) in [6, 6.07) is 79.1. The van der Waals surface area contributed by atoms with E-state index >= 15 is 0 Å². The van der Waals surface area contributed by atoms with Crippen LogP contribution < -0.4 is 0 Å². The van der Waals surface area contributed by atoms with Crippen molar-refractivity contribution in [1.29, 1.82) is 0 Å². The van der Waals surface area contributed by atoms with Gasteiger partial charge in [-0.05, 0) is 109 Å². The molecule has 71 heavy (non-hydrogen) atoms. The van der Waals surface area contributed by atoms with Crippen molar-refractivity contribution in [1.82, 2.24) is 32.8 Å². The van der Waals surface area contributed by atoms with E-state index in [2.05, 4.69) is 240 Å². The maximum atomic E-state index is 5.65. The fourth-order valence-corrected chi connectivity index (χ4v) is 11.8. The standard InChI is InChI=1S/C63H39N7O/c1-3-15-40(16-4-1)67-53-23-11-7-19-43(53)48-36-61-49(34-58(48)67)45-21-9-13-25-55(45)70(61)63-65-51-22-10-14-26-56(51)66(63)37-39-27-29-46-50-35-60-47(33-59(50)68(57(46)31-39)41-17-5-2-6-18-41)44-20-8-12-24-54(44)69(60)42-28-30-62-52(32-42)64-38-71-62/h1-36,38H,37H2. The smallest absolute Gasteiger partial charge is 0.216 e. The van der Waals surface area contributed by atoms with Crippen LogP contribution in [0.1, 0.15) is 5.56 Å². The summed E-state index contributed by atoms with van der Waals surface area (Å²) in [4.78, 5) is 10.0. The lowest BCUT2D eigenvalue weighted by Crippen LogP contribution is -2.08. The van der Waals surface area contributed by atoms with Gasteiger partial charge in [0.25, 0.3) is 0 Å². The zero-order valence-electron chi connectivity index (χ0n) is 38.1. The quantitative estimate of drug-likeness (QED) is 0.167. The molecule has 0 saturated carbocycles. The third kappa shape index (κ3) is 5.44. The Bertz CT molecular complexity index is 4850. The fourth-order valence-electron chi connectivity index (χ4n) is 11.8. The predicted octanol–water partition coefficient (Wildman–Crippen LogP) is 15.6. The Hall–Kier alpha value is -9.66. The highest BCUT2D eigenvalue weighted by atomic mass is 16.3. The molecule has 0 N–H and O–H groups in total. The van der Waals surface area contributed by atoms with Crippen molar-refractivity contribution in [3.05, 3.63) is 230 Å². The summed E-state index contributed by atoms with van der Waals surface area (Å²) in [6.45, 7) is 0.605. The minimum absolute atomic E-state index is 0.605. The molecule has 6 heterocycles. The molecule has 0 bridgehead atoms. The summed E-state index contributed by atoms with van der Waals surface area (Å²) >= 11 is 0. The van der Waals surface area contributed by atoms with Crippen molar-refractivity contribution >= 4 is 109 Å². The molecule has 0 fully saturated rings. The largest absolute Gasteiger partial charge is 0.443 e. The molecule has 16 aromatic rings. The van der Waals surface area contributed by atoms with E-state index in [1.165, 1.54) is 66.1 Å². The van der Waals surface area contributed by atoms with Crippen LogP contribution in [0.5, 0.6) is 0 Å². The molecular formula is C63H39N7O. The average Bonchev–Trinajstić information content (AvgIpc) is 4.28. The van der Waals surface area contributed by atoms with Crippen molar-refractivity contribution < 1.29 is 4.42 Å². The summed E-state index contributed by atoms with van der Waals surface area (Å²) < 4.78 is 17.7. The first-order valence-electron chi connectivity index (χ1n) is 24.1. The van der Waals surface area contributed by atoms with E-state index in [0.29, 0.717) is 6.54 Å². The number of rotatable bonds is 6. The Morgan fingerprint density at radius 2 is 0.789 bits per heavy atom. The summed E-state index contributed by atoms with van der Waals surface area (Å²) in [5.41, 5.74) is 17.3. The SMILES string of the molecule is c1ccc(-n2c3cc(Cn4c(-n5c6ccccc6c6cc7c(cc65)c5ccccc5n7-c5ccccc5)nc5ccccc54)ccc3c3cc4c(cc32)c2ccccc2n4-c2ccc3ocnc3c2)cc1. The first-order valence-corrected chi connectivity index (χ1v) is 24.1. The highest BCUT2D eigenvalue weighted by Gasteiger charge is 2.24. The number of fused-ring (bicyclic) bond motifs is 14. The van der Waals surface area contributed by atoms with Gasteiger partial charge >= 0.3 is 0 Å². The number of imidazole rings is 1. The van der Waals surface area contributed by atoms with Gasteiger partial charge in [-0.3, -0.25) is 4.57 Å². The van der Waals surface area contributed by atoms with Gasteiger partial charge in [-0.1, -0.05) is 115 Å². The van der Waals surface area contributed by atoms with Crippen molar-refractivity contribution in [2.45, 2.75) is 6.54 Å². The monoisotopic (exact) mass is 909 g/mol. The van der Waals surface area contributed by atoms with E-state index in [0.717, 1.165) is 78.2 Å². The van der Waals surface area contributed by atoms with Crippen molar-refractivity contribution in [2.75, 3.05) is 0 Å². The van der Waals surface area contributed by atoms with Crippen molar-refractivity contribution in [2.24, 2.45) is 0 Å². The van der Waals surface area contributed by atoms with Gasteiger partial charge < -0.3 is 22.7 Å². The second-order valence-corrected chi connectivity index (χ2v) is 18.7. The topological polar surface area (TPSA) is 63.6 Å². The van der Waals surface area contributed by atoms with Gasteiger partial charge in [0.1, 0.15) is 5.52 Å². The first-order chi connectivity index (χ1) is 35.2. The van der Waals surface area contributed by atoms with Crippen molar-refractivity contribution in [3.8, 4) is 23.0 Å². The molecular weight excluding hydrogens is 871 g/mol. The van der Waals surface area contributed by atoms with Gasteiger partial charge in [0.15, 0.2) is 12.0 Å². The number of aromatic nitrogens is 7. The van der Waals surface area contributed by atoms with Crippen LogP contribution >= 0.6 is 0 Å². The molecule has 0 aliphatic rings. The number of benzene rings is 10. The van der Waals surface area contributed by atoms with Gasteiger partial charge in [0.2, 0.25) is 5.95 Å². The lowest BCUT2D eigenvalue weighted by Gasteiger charge is -2.14.